The molecule has 4 heteroatoms. The van der Waals surface area contributed by atoms with Crippen LogP contribution in [0.2, 0.25) is 0 Å². The average molecular weight is 292 g/mol. The summed E-state index contributed by atoms with van der Waals surface area (Å²) in [5, 5.41) is 27.5. The summed E-state index contributed by atoms with van der Waals surface area (Å²) >= 11 is 0. The van der Waals surface area contributed by atoms with Crippen LogP contribution in [0, 0.1) is 0 Å². The molecule has 0 heterocycles. The van der Waals surface area contributed by atoms with E-state index in [0.717, 1.165) is 17.5 Å². The van der Waals surface area contributed by atoms with Crippen LogP contribution in [0.4, 0.5) is 0 Å². The second-order valence-corrected chi connectivity index (χ2v) is 5.53. The maximum absolute atomic E-state index is 11.3. The SMILES string of the molecule is CC(C)=CCc1ccc(C(CCC(O)CO)C(=O)O)cc1. The van der Waals surface area contributed by atoms with Gasteiger partial charge in [0, 0.05) is 0 Å². The predicted molar refractivity (Wildman–Crippen MR) is 82.3 cm³/mol. The van der Waals surface area contributed by atoms with Crippen LogP contribution in [-0.2, 0) is 11.2 Å². The van der Waals surface area contributed by atoms with Gasteiger partial charge in [-0.1, -0.05) is 35.9 Å². The van der Waals surface area contributed by atoms with Crippen molar-refractivity contribution in [3.8, 4) is 0 Å². The molecule has 0 fully saturated rings. The van der Waals surface area contributed by atoms with Crippen LogP contribution in [0.15, 0.2) is 35.9 Å². The number of aliphatic carboxylic acids is 1. The molecule has 4 nitrogen and oxygen atoms in total. The maximum Gasteiger partial charge on any atom is 0.310 e. The highest BCUT2D eigenvalue weighted by Gasteiger charge is 2.20. The second kappa shape index (κ2) is 8.60. The molecule has 0 aliphatic rings. The van der Waals surface area contributed by atoms with Gasteiger partial charge in [0.25, 0.3) is 0 Å². The molecule has 0 bridgehead atoms. The third kappa shape index (κ3) is 6.10. The van der Waals surface area contributed by atoms with Gasteiger partial charge in [0.1, 0.15) is 0 Å². The molecule has 1 rings (SSSR count). The normalized spacial score (nSPS) is 13.5. The number of carboxylic acid groups (broad SMARTS) is 1. The number of carbonyl (C=O) groups is 1. The van der Waals surface area contributed by atoms with Crippen LogP contribution >= 0.6 is 0 Å². The Hall–Kier alpha value is -1.65. The predicted octanol–water partition coefficient (Wildman–Crippen LogP) is 2.50. The molecule has 1 aromatic carbocycles. The maximum atomic E-state index is 11.3. The van der Waals surface area contributed by atoms with E-state index in [-0.39, 0.29) is 13.0 Å². The van der Waals surface area contributed by atoms with Crippen molar-refractivity contribution in [1.29, 1.82) is 0 Å². The summed E-state index contributed by atoms with van der Waals surface area (Å²) in [5.74, 6) is -1.55. The molecule has 0 aliphatic heterocycles. The molecule has 0 amide bonds. The van der Waals surface area contributed by atoms with Gasteiger partial charge in [-0.25, -0.2) is 0 Å². The minimum atomic E-state index is -0.905. The van der Waals surface area contributed by atoms with Gasteiger partial charge in [-0.3, -0.25) is 4.79 Å². The number of aliphatic hydroxyl groups excluding tert-OH is 2. The quantitative estimate of drug-likeness (QED) is 0.643. The van der Waals surface area contributed by atoms with Gasteiger partial charge < -0.3 is 15.3 Å². The van der Waals surface area contributed by atoms with E-state index >= 15 is 0 Å². The molecule has 21 heavy (non-hydrogen) atoms. The number of rotatable bonds is 8. The first-order chi connectivity index (χ1) is 9.93. The number of carboxylic acids is 1. The summed E-state index contributed by atoms with van der Waals surface area (Å²) in [6, 6.07) is 7.54. The van der Waals surface area contributed by atoms with Crippen molar-refractivity contribution in [2.75, 3.05) is 6.61 Å². The number of hydrogen-bond acceptors (Lipinski definition) is 3. The Labute approximate surface area is 125 Å². The standard InChI is InChI=1S/C17H24O4/c1-12(2)3-4-13-5-7-14(8-6-13)16(17(20)21)10-9-15(19)11-18/h3,5-8,15-16,18-19H,4,9-11H2,1-2H3,(H,20,21). The van der Waals surface area contributed by atoms with E-state index in [1.54, 1.807) is 0 Å². The van der Waals surface area contributed by atoms with Crippen molar-refractivity contribution in [3.05, 3.63) is 47.0 Å². The summed E-state index contributed by atoms with van der Waals surface area (Å²) in [7, 11) is 0. The lowest BCUT2D eigenvalue weighted by molar-refractivity contribution is -0.139. The van der Waals surface area contributed by atoms with Crippen LogP contribution in [0.1, 0.15) is 43.7 Å². The van der Waals surface area contributed by atoms with Crippen molar-refractivity contribution in [1.82, 2.24) is 0 Å². The Morgan fingerprint density at radius 2 is 1.81 bits per heavy atom. The lowest BCUT2D eigenvalue weighted by Gasteiger charge is -2.15. The molecule has 0 saturated carbocycles. The summed E-state index contributed by atoms with van der Waals surface area (Å²) in [6.07, 6.45) is 2.69. The average Bonchev–Trinajstić information content (AvgIpc) is 2.45. The van der Waals surface area contributed by atoms with Gasteiger partial charge in [-0.2, -0.15) is 0 Å². The molecular formula is C17H24O4. The van der Waals surface area contributed by atoms with E-state index < -0.39 is 18.0 Å². The second-order valence-electron chi connectivity index (χ2n) is 5.53. The molecule has 116 valence electrons. The van der Waals surface area contributed by atoms with Crippen LogP contribution in [-0.4, -0.2) is 34.0 Å². The van der Waals surface area contributed by atoms with E-state index in [9.17, 15) is 15.0 Å². The van der Waals surface area contributed by atoms with Crippen molar-refractivity contribution in [3.63, 3.8) is 0 Å². The Bertz CT molecular complexity index is 472. The highest BCUT2D eigenvalue weighted by atomic mass is 16.4. The Morgan fingerprint density at radius 1 is 1.19 bits per heavy atom. The van der Waals surface area contributed by atoms with E-state index in [2.05, 4.69) is 6.08 Å². The first-order valence-electron chi connectivity index (χ1n) is 7.18. The van der Waals surface area contributed by atoms with Gasteiger partial charge >= 0.3 is 5.97 Å². The Morgan fingerprint density at radius 3 is 2.29 bits per heavy atom. The third-order valence-corrected chi connectivity index (χ3v) is 3.43. The van der Waals surface area contributed by atoms with Crippen LogP contribution < -0.4 is 0 Å². The van der Waals surface area contributed by atoms with E-state index in [1.807, 2.05) is 38.1 Å². The number of benzene rings is 1. The fraction of sp³-hybridized carbons (Fsp3) is 0.471. The van der Waals surface area contributed by atoms with Crippen LogP contribution in [0.5, 0.6) is 0 Å². The van der Waals surface area contributed by atoms with E-state index in [0.29, 0.717) is 6.42 Å². The highest BCUT2D eigenvalue weighted by Crippen LogP contribution is 2.23. The Balaban J connectivity index is 2.75. The minimum Gasteiger partial charge on any atom is -0.481 e. The topological polar surface area (TPSA) is 77.8 Å². The fourth-order valence-corrected chi connectivity index (χ4v) is 2.09. The molecule has 2 atom stereocenters. The van der Waals surface area contributed by atoms with E-state index in [1.165, 1.54) is 5.57 Å². The zero-order chi connectivity index (χ0) is 15.8. The fourth-order valence-electron chi connectivity index (χ4n) is 2.09. The monoisotopic (exact) mass is 292 g/mol. The molecule has 0 aromatic heterocycles. The molecule has 0 saturated heterocycles. The molecule has 0 radical (unpaired) electrons. The lowest BCUT2D eigenvalue weighted by atomic mass is 9.92. The molecule has 3 N–H and O–H groups in total. The van der Waals surface area contributed by atoms with Crippen LogP contribution in [0.3, 0.4) is 0 Å². The van der Waals surface area contributed by atoms with Gasteiger partial charge in [0.05, 0.1) is 18.6 Å². The van der Waals surface area contributed by atoms with Gasteiger partial charge in [0.15, 0.2) is 0 Å². The first-order valence-corrected chi connectivity index (χ1v) is 7.18. The molecule has 0 spiro atoms. The smallest absolute Gasteiger partial charge is 0.310 e. The highest BCUT2D eigenvalue weighted by molar-refractivity contribution is 5.76. The van der Waals surface area contributed by atoms with Crippen molar-refractivity contribution in [2.24, 2.45) is 0 Å². The van der Waals surface area contributed by atoms with Gasteiger partial charge in [0.2, 0.25) is 0 Å². The first kappa shape index (κ1) is 17.4. The molecule has 2 unspecified atom stereocenters. The van der Waals surface area contributed by atoms with Crippen LogP contribution in [0.25, 0.3) is 0 Å². The zero-order valence-corrected chi connectivity index (χ0v) is 12.6. The zero-order valence-electron chi connectivity index (χ0n) is 12.6. The minimum absolute atomic E-state index is 0.271. The molecule has 1 aromatic rings. The van der Waals surface area contributed by atoms with Gasteiger partial charge in [-0.15, -0.1) is 0 Å². The van der Waals surface area contributed by atoms with Crippen molar-refractivity contribution >= 4 is 5.97 Å². The summed E-state index contributed by atoms with van der Waals surface area (Å²) < 4.78 is 0. The lowest BCUT2D eigenvalue weighted by Crippen LogP contribution is -2.17. The summed E-state index contributed by atoms with van der Waals surface area (Å²) in [6.45, 7) is 3.75. The Kier molecular flexibility index (Phi) is 7.12. The molecular weight excluding hydrogens is 268 g/mol. The molecule has 0 aliphatic carbocycles. The summed E-state index contributed by atoms with van der Waals surface area (Å²) in [5.41, 5.74) is 3.12. The number of hydrogen-bond donors (Lipinski definition) is 3. The number of allylic oxidation sites excluding steroid dienone is 2. The van der Waals surface area contributed by atoms with Crippen molar-refractivity contribution < 1.29 is 20.1 Å². The third-order valence-electron chi connectivity index (χ3n) is 3.43. The van der Waals surface area contributed by atoms with Crippen molar-refractivity contribution in [2.45, 2.75) is 45.1 Å². The largest absolute Gasteiger partial charge is 0.481 e. The van der Waals surface area contributed by atoms with Gasteiger partial charge in [-0.05, 0) is 44.2 Å². The number of aliphatic hydroxyl groups is 2. The summed E-state index contributed by atoms with van der Waals surface area (Å²) in [4.78, 5) is 11.3. The van der Waals surface area contributed by atoms with E-state index in [4.69, 9.17) is 5.11 Å².